The molecular weight excluding hydrogens is 376 g/mol. The minimum absolute atomic E-state index is 0.0173. The second-order valence-corrected chi connectivity index (χ2v) is 8.86. The summed E-state index contributed by atoms with van der Waals surface area (Å²) in [6.45, 7) is 7.05. The third kappa shape index (κ3) is 4.20. The normalized spacial score (nSPS) is 20.0. The van der Waals surface area contributed by atoms with Gasteiger partial charge in [0, 0.05) is 25.2 Å². The molecule has 0 N–H and O–H groups in total. The Bertz CT molecular complexity index is 903. The maximum Gasteiger partial charge on any atom is 0.264 e. The Morgan fingerprint density at radius 1 is 1.04 bits per heavy atom. The molecule has 2 aromatic rings. The molecule has 2 aromatic carbocycles. The predicted octanol–water partition coefficient (Wildman–Crippen LogP) is 3.15. The fourth-order valence-corrected chi connectivity index (χ4v) is 4.98. The molecule has 1 amide bonds. The molecule has 3 rings (SSSR count). The summed E-state index contributed by atoms with van der Waals surface area (Å²) >= 11 is 0. The fraction of sp³-hybridized carbons (Fsp3) is 0.381. The van der Waals surface area contributed by atoms with Gasteiger partial charge in [0.15, 0.2) is 0 Å². The molecule has 0 radical (unpaired) electrons. The number of benzene rings is 2. The Labute approximate surface area is 166 Å². The van der Waals surface area contributed by atoms with Gasteiger partial charge in [0.25, 0.3) is 15.9 Å². The summed E-state index contributed by atoms with van der Waals surface area (Å²) in [5.41, 5.74) is 1.09. The van der Waals surface area contributed by atoms with Crippen LogP contribution in [0.1, 0.15) is 31.1 Å². The number of carbonyl (C=O) groups is 1. The van der Waals surface area contributed by atoms with Gasteiger partial charge in [0.05, 0.1) is 22.8 Å². The van der Waals surface area contributed by atoms with Gasteiger partial charge in [-0.1, -0.05) is 18.2 Å². The standard InChI is InChI=1S/C21H26N2O4S/c1-4-23(19-8-6-5-7-9-19)28(25,26)20-12-10-18(11-13-20)21(24)22-14-16(2)27-17(3)15-22/h5-13,16-17H,4,14-15H2,1-3H3. The lowest BCUT2D eigenvalue weighted by molar-refractivity contribution is -0.0586. The highest BCUT2D eigenvalue weighted by Crippen LogP contribution is 2.24. The van der Waals surface area contributed by atoms with Crippen molar-refractivity contribution in [1.29, 1.82) is 0 Å². The lowest BCUT2D eigenvalue weighted by Crippen LogP contribution is -2.48. The van der Waals surface area contributed by atoms with Crippen molar-refractivity contribution in [1.82, 2.24) is 4.90 Å². The Balaban J connectivity index is 1.82. The summed E-state index contributed by atoms with van der Waals surface area (Å²) in [5.74, 6) is -0.110. The van der Waals surface area contributed by atoms with E-state index in [2.05, 4.69) is 0 Å². The van der Waals surface area contributed by atoms with E-state index >= 15 is 0 Å². The molecule has 2 atom stereocenters. The first-order valence-corrected chi connectivity index (χ1v) is 10.9. The van der Waals surface area contributed by atoms with Crippen LogP contribution in [-0.4, -0.2) is 51.1 Å². The number of carbonyl (C=O) groups excluding carboxylic acids is 1. The second kappa shape index (κ2) is 8.32. The zero-order valence-corrected chi connectivity index (χ0v) is 17.2. The number of nitrogens with zero attached hydrogens (tertiary/aromatic N) is 2. The molecule has 2 unspecified atom stereocenters. The van der Waals surface area contributed by atoms with Crippen molar-refractivity contribution < 1.29 is 17.9 Å². The summed E-state index contributed by atoms with van der Waals surface area (Å²) in [7, 11) is -3.70. The third-order valence-corrected chi connectivity index (χ3v) is 6.64. The van der Waals surface area contributed by atoms with Crippen LogP contribution in [0, 0.1) is 0 Å². The van der Waals surface area contributed by atoms with Crippen LogP contribution in [0.25, 0.3) is 0 Å². The first-order chi connectivity index (χ1) is 13.3. The molecule has 150 valence electrons. The topological polar surface area (TPSA) is 66.9 Å². The van der Waals surface area contributed by atoms with E-state index < -0.39 is 10.0 Å². The van der Waals surface area contributed by atoms with Gasteiger partial charge in [-0.15, -0.1) is 0 Å². The Kier molecular flexibility index (Phi) is 6.05. The summed E-state index contributed by atoms with van der Waals surface area (Å²) < 4.78 is 33.1. The van der Waals surface area contributed by atoms with Crippen LogP contribution in [0.2, 0.25) is 0 Å². The largest absolute Gasteiger partial charge is 0.372 e. The molecule has 1 aliphatic rings. The van der Waals surface area contributed by atoms with Gasteiger partial charge in [-0.2, -0.15) is 0 Å². The van der Waals surface area contributed by atoms with Crippen molar-refractivity contribution in [3.05, 3.63) is 60.2 Å². The summed E-state index contributed by atoms with van der Waals surface area (Å²) in [4.78, 5) is 14.7. The lowest BCUT2D eigenvalue weighted by atomic mass is 10.1. The SMILES string of the molecule is CCN(c1ccccc1)S(=O)(=O)c1ccc(C(=O)N2CC(C)OC(C)C2)cc1. The van der Waals surface area contributed by atoms with Crippen LogP contribution in [0.3, 0.4) is 0 Å². The summed E-state index contributed by atoms with van der Waals surface area (Å²) in [6, 6.07) is 15.1. The molecule has 0 saturated carbocycles. The van der Waals surface area contributed by atoms with Gasteiger partial charge in [0.1, 0.15) is 0 Å². The van der Waals surface area contributed by atoms with Crippen molar-refractivity contribution in [2.45, 2.75) is 37.9 Å². The second-order valence-electron chi connectivity index (χ2n) is 7.00. The molecule has 1 saturated heterocycles. The lowest BCUT2D eigenvalue weighted by Gasteiger charge is -2.35. The average Bonchev–Trinajstić information content (AvgIpc) is 2.68. The number of hydrogen-bond acceptors (Lipinski definition) is 4. The van der Waals surface area contributed by atoms with Crippen molar-refractivity contribution >= 4 is 21.6 Å². The molecule has 0 bridgehead atoms. The van der Waals surface area contributed by atoms with Crippen molar-refractivity contribution in [3.8, 4) is 0 Å². The molecule has 1 fully saturated rings. The molecule has 0 aromatic heterocycles. The van der Waals surface area contributed by atoms with Gasteiger partial charge in [-0.05, 0) is 57.2 Å². The van der Waals surface area contributed by atoms with E-state index in [9.17, 15) is 13.2 Å². The van der Waals surface area contributed by atoms with E-state index in [1.165, 1.54) is 16.4 Å². The number of rotatable bonds is 5. The predicted molar refractivity (Wildman–Crippen MR) is 109 cm³/mol. The Morgan fingerprint density at radius 3 is 2.14 bits per heavy atom. The number of morpholine rings is 1. The van der Waals surface area contributed by atoms with Crippen LogP contribution in [0.5, 0.6) is 0 Å². The van der Waals surface area contributed by atoms with Crippen molar-refractivity contribution in [3.63, 3.8) is 0 Å². The molecule has 1 aliphatic heterocycles. The highest BCUT2D eigenvalue weighted by molar-refractivity contribution is 7.92. The highest BCUT2D eigenvalue weighted by Gasteiger charge is 2.28. The number of hydrogen-bond donors (Lipinski definition) is 0. The van der Waals surface area contributed by atoms with E-state index in [1.54, 1.807) is 48.2 Å². The molecule has 28 heavy (non-hydrogen) atoms. The molecule has 1 heterocycles. The van der Waals surface area contributed by atoms with E-state index in [0.29, 0.717) is 30.9 Å². The zero-order valence-electron chi connectivity index (χ0n) is 16.4. The monoisotopic (exact) mass is 402 g/mol. The molecule has 6 nitrogen and oxygen atoms in total. The Hall–Kier alpha value is -2.38. The number of para-hydroxylation sites is 1. The molecule has 7 heteroatoms. The van der Waals surface area contributed by atoms with Gasteiger partial charge >= 0.3 is 0 Å². The van der Waals surface area contributed by atoms with Crippen molar-refractivity contribution in [2.24, 2.45) is 0 Å². The summed E-state index contributed by atoms with van der Waals surface area (Å²) in [5, 5.41) is 0. The average molecular weight is 403 g/mol. The van der Waals surface area contributed by atoms with Crippen LogP contribution in [0.4, 0.5) is 5.69 Å². The quantitative estimate of drug-likeness (QED) is 0.771. The third-order valence-electron chi connectivity index (χ3n) is 4.73. The van der Waals surface area contributed by atoms with Crippen LogP contribution in [-0.2, 0) is 14.8 Å². The number of sulfonamides is 1. The molecular formula is C21H26N2O4S. The number of anilines is 1. The number of ether oxygens (including phenoxy) is 1. The first-order valence-electron chi connectivity index (χ1n) is 9.45. The van der Waals surface area contributed by atoms with E-state index in [4.69, 9.17) is 4.74 Å². The zero-order chi connectivity index (χ0) is 20.3. The van der Waals surface area contributed by atoms with E-state index in [-0.39, 0.29) is 23.0 Å². The highest BCUT2D eigenvalue weighted by atomic mass is 32.2. The minimum Gasteiger partial charge on any atom is -0.372 e. The summed E-state index contributed by atoms with van der Waals surface area (Å²) in [6.07, 6.45) is -0.0346. The maximum atomic E-state index is 13.0. The van der Waals surface area contributed by atoms with Crippen LogP contribution >= 0.6 is 0 Å². The van der Waals surface area contributed by atoms with Crippen molar-refractivity contribution in [2.75, 3.05) is 23.9 Å². The van der Waals surface area contributed by atoms with Gasteiger partial charge in [-0.3, -0.25) is 9.10 Å². The number of amides is 1. The minimum atomic E-state index is -3.70. The van der Waals surface area contributed by atoms with E-state index in [1.807, 2.05) is 19.9 Å². The first kappa shape index (κ1) is 20.4. The van der Waals surface area contributed by atoms with Gasteiger partial charge in [-0.25, -0.2) is 8.42 Å². The maximum absolute atomic E-state index is 13.0. The van der Waals surface area contributed by atoms with E-state index in [0.717, 1.165) is 0 Å². The molecule has 0 spiro atoms. The fourth-order valence-electron chi connectivity index (χ4n) is 3.51. The van der Waals surface area contributed by atoms with Crippen LogP contribution < -0.4 is 4.31 Å². The van der Waals surface area contributed by atoms with Crippen LogP contribution in [0.15, 0.2) is 59.5 Å². The molecule has 0 aliphatic carbocycles. The Morgan fingerprint density at radius 2 is 1.61 bits per heavy atom. The smallest absolute Gasteiger partial charge is 0.264 e. The van der Waals surface area contributed by atoms with Gasteiger partial charge in [0.2, 0.25) is 0 Å². The van der Waals surface area contributed by atoms with Gasteiger partial charge < -0.3 is 9.64 Å².